The van der Waals surface area contributed by atoms with Crippen molar-refractivity contribution in [2.45, 2.75) is 18.9 Å². The van der Waals surface area contributed by atoms with E-state index in [2.05, 4.69) is 5.32 Å². The van der Waals surface area contributed by atoms with Crippen LogP contribution in [0.4, 0.5) is 0 Å². The van der Waals surface area contributed by atoms with Crippen LogP contribution in [0.2, 0.25) is 0 Å². The minimum Gasteiger partial charge on any atom is -0.496 e. The van der Waals surface area contributed by atoms with E-state index in [4.69, 9.17) is 14.2 Å². The van der Waals surface area contributed by atoms with Crippen LogP contribution in [0, 0.1) is 0 Å². The molecule has 1 aliphatic heterocycles. The molecule has 1 saturated heterocycles. The lowest BCUT2D eigenvalue weighted by atomic mass is 10.0. The molecule has 1 aromatic carbocycles. The van der Waals surface area contributed by atoms with E-state index in [9.17, 15) is 0 Å². The summed E-state index contributed by atoms with van der Waals surface area (Å²) in [7, 11) is 4.96. The van der Waals surface area contributed by atoms with Crippen molar-refractivity contribution in [3.63, 3.8) is 0 Å². The Kier molecular flexibility index (Phi) is 3.74. The van der Waals surface area contributed by atoms with Crippen molar-refractivity contribution in [3.05, 3.63) is 17.7 Å². The number of hydrogen-bond acceptors (Lipinski definition) is 4. The van der Waals surface area contributed by atoms with Crippen molar-refractivity contribution in [3.8, 4) is 17.2 Å². The van der Waals surface area contributed by atoms with Gasteiger partial charge in [0, 0.05) is 17.7 Å². The molecule has 0 amide bonds. The van der Waals surface area contributed by atoms with E-state index in [1.165, 1.54) is 6.42 Å². The number of nitrogens with one attached hydrogen (secondary N) is 1. The summed E-state index contributed by atoms with van der Waals surface area (Å²) in [6, 6.07) is 4.24. The molecule has 1 aromatic rings. The van der Waals surface area contributed by atoms with Crippen molar-refractivity contribution in [2.24, 2.45) is 0 Å². The molecule has 4 heteroatoms. The Balaban J connectivity index is 2.41. The van der Waals surface area contributed by atoms with Crippen LogP contribution in [0.3, 0.4) is 0 Å². The maximum absolute atomic E-state index is 5.42. The van der Waals surface area contributed by atoms with Crippen molar-refractivity contribution in [1.29, 1.82) is 0 Å². The van der Waals surface area contributed by atoms with Crippen LogP contribution in [-0.4, -0.2) is 27.9 Å². The number of ether oxygens (including phenoxy) is 3. The van der Waals surface area contributed by atoms with Crippen molar-refractivity contribution >= 4 is 0 Å². The average molecular weight is 237 g/mol. The van der Waals surface area contributed by atoms with Gasteiger partial charge in [-0.3, -0.25) is 0 Å². The monoisotopic (exact) mass is 237 g/mol. The van der Waals surface area contributed by atoms with E-state index >= 15 is 0 Å². The second kappa shape index (κ2) is 5.27. The molecule has 4 nitrogen and oxygen atoms in total. The van der Waals surface area contributed by atoms with Gasteiger partial charge in [0.1, 0.15) is 5.75 Å². The fourth-order valence-corrected chi connectivity index (χ4v) is 2.28. The van der Waals surface area contributed by atoms with E-state index in [-0.39, 0.29) is 0 Å². The Bertz CT molecular complexity index is 386. The highest BCUT2D eigenvalue weighted by molar-refractivity contribution is 5.52. The predicted octanol–water partition coefficient (Wildman–Crippen LogP) is 2.14. The molecule has 1 fully saturated rings. The Morgan fingerprint density at radius 2 is 1.65 bits per heavy atom. The zero-order chi connectivity index (χ0) is 12.3. The minimum absolute atomic E-state index is 0.352. The van der Waals surface area contributed by atoms with Crippen LogP contribution in [-0.2, 0) is 0 Å². The molecule has 0 saturated carbocycles. The molecule has 0 bridgehead atoms. The van der Waals surface area contributed by atoms with E-state index in [0.717, 1.165) is 30.0 Å². The van der Waals surface area contributed by atoms with Gasteiger partial charge in [-0.25, -0.2) is 0 Å². The molecule has 0 spiro atoms. The molecule has 1 heterocycles. The van der Waals surface area contributed by atoms with Crippen LogP contribution >= 0.6 is 0 Å². The third-order valence-corrected chi connectivity index (χ3v) is 3.17. The number of benzene rings is 1. The first-order valence-electron chi connectivity index (χ1n) is 5.83. The van der Waals surface area contributed by atoms with Gasteiger partial charge in [0.25, 0.3) is 0 Å². The molecule has 94 valence electrons. The van der Waals surface area contributed by atoms with Gasteiger partial charge in [0.2, 0.25) is 0 Å². The summed E-state index contributed by atoms with van der Waals surface area (Å²) in [5.41, 5.74) is 1.14. The van der Waals surface area contributed by atoms with Gasteiger partial charge in [0.15, 0.2) is 11.5 Å². The highest BCUT2D eigenvalue weighted by Gasteiger charge is 2.22. The fourth-order valence-electron chi connectivity index (χ4n) is 2.28. The minimum atomic E-state index is 0.352. The smallest absolute Gasteiger partial charge is 0.164 e. The third-order valence-electron chi connectivity index (χ3n) is 3.17. The summed E-state index contributed by atoms with van der Waals surface area (Å²) in [6.07, 6.45) is 2.33. The van der Waals surface area contributed by atoms with Gasteiger partial charge >= 0.3 is 0 Å². The molecule has 1 aliphatic rings. The highest BCUT2D eigenvalue weighted by Crippen LogP contribution is 2.39. The zero-order valence-electron chi connectivity index (χ0n) is 10.6. The Morgan fingerprint density at radius 1 is 1.00 bits per heavy atom. The summed E-state index contributed by atoms with van der Waals surface area (Å²) < 4.78 is 16.0. The van der Waals surface area contributed by atoms with Crippen LogP contribution in [0.5, 0.6) is 17.2 Å². The van der Waals surface area contributed by atoms with E-state index < -0.39 is 0 Å². The highest BCUT2D eigenvalue weighted by atomic mass is 16.5. The lowest BCUT2D eigenvalue weighted by Gasteiger charge is -2.18. The standard InChI is InChI=1S/C13H19NO3/c1-15-11-8-13(17-3)12(16-2)7-9(11)10-5-4-6-14-10/h7-8,10,14H,4-6H2,1-3H3/t10-/m1/s1. The fraction of sp³-hybridized carbons (Fsp3) is 0.538. The second-order valence-electron chi connectivity index (χ2n) is 4.10. The van der Waals surface area contributed by atoms with Gasteiger partial charge in [-0.15, -0.1) is 0 Å². The lowest BCUT2D eigenvalue weighted by Crippen LogP contribution is -2.14. The van der Waals surface area contributed by atoms with Gasteiger partial charge in [-0.2, -0.15) is 0 Å². The normalized spacial score (nSPS) is 19.1. The topological polar surface area (TPSA) is 39.7 Å². The van der Waals surface area contributed by atoms with E-state index in [1.807, 2.05) is 12.1 Å². The molecule has 1 atom stereocenters. The first kappa shape index (κ1) is 12.0. The molecule has 2 rings (SSSR count). The molecule has 0 aliphatic carbocycles. The van der Waals surface area contributed by atoms with E-state index in [1.54, 1.807) is 21.3 Å². The first-order chi connectivity index (χ1) is 8.30. The van der Waals surface area contributed by atoms with Crippen molar-refractivity contribution < 1.29 is 14.2 Å². The third kappa shape index (κ3) is 2.31. The first-order valence-corrected chi connectivity index (χ1v) is 5.83. The molecular formula is C13H19NO3. The summed E-state index contributed by atoms with van der Waals surface area (Å²) in [5.74, 6) is 2.30. The summed E-state index contributed by atoms with van der Waals surface area (Å²) in [4.78, 5) is 0. The second-order valence-corrected chi connectivity index (χ2v) is 4.10. The Labute approximate surface area is 102 Å². The van der Waals surface area contributed by atoms with Crippen LogP contribution in [0.15, 0.2) is 12.1 Å². The van der Waals surface area contributed by atoms with Crippen LogP contribution < -0.4 is 19.5 Å². The zero-order valence-corrected chi connectivity index (χ0v) is 10.6. The molecular weight excluding hydrogens is 218 g/mol. The van der Waals surface area contributed by atoms with Gasteiger partial charge in [-0.05, 0) is 25.5 Å². The molecule has 1 N–H and O–H groups in total. The number of methoxy groups -OCH3 is 3. The SMILES string of the molecule is COc1cc(OC)c([C@H]2CCCN2)cc1OC. The Morgan fingerprint density at radius 3 is 2.18 bits per heavy atom. The lowest BCUT2D eigenvalue weighted by molar-refractivity contribution is 0.346. The summed E-state index contributed by atoms with van der Waals surface area (Å²) in [5, 5.41) is 3.46. The van der Waals surface area contributed by atoms with Gasteiger partial charge < -0.3 is 19.5 Å². The van der Waals surface area contributed by atoms with E-state index in [0.29, 0.717) is 11.8 Å². The quantitative estimate of drug-likeness (QED) is 0.871. The molecule has 0 radical (unpaired) electrons. The Hall–Kier alpha value is -1.42. The summed E-state index contributed by atoms with van der Waals surface area (Å²) >= 11 is 0. The molecule has 0 aromatic heterocycles. The van der Waals surface area contributed by atoms with Crippen molar-refractivity contribution in [1.82, 2.24) is 5.32 Å². The molecule has 0 unspecified atom stereocenters. The van der Waals surface area contributed by atoms with Crippen molar-refractivity contribution in [2.75, 3.05) is 27.9 Å². The van der Waals surface area contributed by atoms with Gasteiger partial charge in [0.05, 0.1) is 21.3 Å². The molecule has 17 heavy (non-hydrogen) atoms. The van der Waals surface area contributed by atoms with Gasteiger partial charge in [-0.1, -0.05) is 0 Å². The summed E-state index contributed by atoms with van der Waals surface area (Å²) in [6.45, 7) is 1.06. The largest absolute Gasteiger partial charge is 0.496 e. The predicted molar refractivity (Wildman–Crippen MR) is 66.1 cm³/mol. The number of hydrogen-bond donors (Lipinski definition) is 1. The number of rotatable bonds is 4. The average Bonchev–Trinajstić information content (AvgIpc) is 2.90. The maximum Gasteiger partial charge on any atom is 0.164 e. The maximum atomic E-state index is 5.42. The van der Waals surface area contributed by atoms with Crippen LogP contribution in [0.25, 0.3) is 0 Å². The van der Waals surface area contributed by atoms with Crippen LogP contribution in [0.1, 0.15) is 24.4 Å².